The molecule has 4 saturated heterocycles. The Bertz CT molecular complexity index is 1590. The van der Waals surface area contributed by atoms with Gasteiger partial charge in [0, 0.05) is 26.2 Å². The first-order valence-electron chi connectivity index (χ1n) is 25.1. The van der Waals surface area contributed by atoms with E-state index in [4.69, 9.17) is 47.4 Å². The summed E-state index contributed by atoms with van der Waals surface area (Å²) in [7, 11) is -2.44. The fourth-order valence-corrected chi connectivity index (χ4v) is 18.0. The summed E-state index contributed by atoms with van der Waals surface area (Å²) in [6, 6.07) is 7.08. The topological polar surface area (TPSA) is 295 Å². The maximum atomic E-state index is 11.7. The van der Waals surface area contributed by atoms with Gasteiger partial charge in [-0.25, -0.2) is 0 Å². The molecule has 4 aliphatic heterocycles. The molecule has 0 amide bonds. The molecule has 10 N–H and O–H groups in total. The Morgan fingerprint density at radius 3 is 1.10 bits per heavy atom. The van der Waals surface area contributed by atoms with Crippen LogP contribution in [-0.2, 0) is 47.4 Å². The Morgan fingerprint density at radius 2 is 0.736 bits per heavy atom. The molecular weight excluding hydrogens is 977 g/mol. The zero-order valence-electron chi connectivity index (χ0n) is 42.1. The lowest BCUT2D eigenvalue weighted by Crippen LogP contribution is -2.67. The number of aliphatic hydroxyl groups excluding tert-OH is 10. The van der Waals surface area contributed by atoms with Gasteiger partial charge in [-0.3, -0.25) is 0 Å². The third-order valence-corrected chi connectivity index (χ3v) is 24.2. The largest absolute Gasteiger partial charge is 0.394 e. The Morgan fingerprint density at radius 1 is 0.431 bits per heavy atom. The molecule has 0 aromatic carbocycles. The molecule has 0 aromatic rings. The molecule has 414 valence electrons. The molecule has 8 unspecified atom stereocenters. The minimum absolute atomic E-state index is 0.0412. The highest BCUT2D eigenvalue weighted by Crippen LogP contribution is 2.36. The van der Waals surface area contributed by atoms with Crippen molar-refractivity contribution in [3.63, 3.8) is 0 Å². The second-order valence-electron chi connectivity index (χ2n) is 19.7. The third-order valence-electron chi connectivity index (χ3n) is 14.5. The number of methoxy groups -OCH3 is 1. The van der Waals surface area contributed by atoms with Crippen molar-refractivity contribution >= 4 is 16.1 Å². The van der Waals surface area contributed by atoms with E-state index in [2.05, 4.69) is 39.5 Å². The van der Waals surface area contributed by atoms with Gasteiger partial charge in [0.05, 0.1) is 54.8 Å². The van der Waals surface area contributed by atoms with Crippen molar-refractivity contribution in [2.24, 2.45) is 5.92 Å². The second kappa shape index (κ2) is 30.7. The first-order valence-corrected chi connectivity index (χ1v) is 30.7. The smallest absolute Gasteiger partial charge is 0.187 e. The zero-order chi connectivity index (χ0) is 53.2. The molecule has 4 heterocycles. The second-order valence-corrected chi connectivity index (χ2v) is 29.1. The minimum atomic E-state index is -1.95. The van der Waals surface area contributed by atoms with Gasteiger partial charge in [-0.2, -0.15) is 0 Å². The third kappa shape index (κ3) is 16.1. The molecule has 20 atom stereocenters. The van der Waals surface area contributed by atoms with E-state index in [1.54, 1.807) is 6.92 Å². The standard InChI is InChI=1S/C50H86O20Si2/c1-9-19-71(20-10-2,21-11-3)25-15-17-62-29-34-31(7)36(53)40(57)48(66-34)68-45-33(28-52)65-49(42(59)38(45)55)70-46-35(30-63-18-16-26-72(22-12-4,23-13-5)24-14-6)67-50(43(60)39(46)56)69-44-32(27-51)64-47(61-8)41(58)37(44)54/h9-14,31-60H,1-6,15-30H2,7-8H3/t31-,32?,33?,34?,35?,36?,37?,38?,39?,40+,41+,42+,43+,44-,45-,46-,47-,48+,49+,50+/m1/s1. The van der Waals surface area contributed by atoms with Crippen molar-refractivity contribution in [1.82, 2.24) is 0 Å². The number of ether oxygens (including phenoxy) is 10. The van der Waals surface area contributed by atoms with Crippen LogP contribution in [-0.4, -0.2) is 231 Å². The predicted octanol–water partition coefficient (Wildman–Crippen LogP) is 1.02. The van der Waals surface area contributed by atoms with Gasteiger partial charge in [-0.1, -0.05) is 55.5 Å². The Balaban J connectivity index is 1.48. The van der Waals surface area contributed by atoms with Crippen LogP contribution in [0, 0.1) is 5.92 Å². The molecular formula is C50H86O20Si2. The number of hydrogen-bond donors (Lipinski definition) is 10. The maximum absolute atomic E-state index is 11.7. The van der Waals surface area contributed by atoms with E-state index >= 15 is 0 Å². The van der Waals surface area contributed by atoms with E-state index in [9.17, 15) is 51.1 Å². The van der Waals surface area contributed by atoms with Crippen LogP contribution in [0.3, 0.4) is 0 Å². The molecule has 4 aliphatic rings. The summed E-state index contributed by atoms with van der Waals surface area (Å²) < 4.78 is 59.0. The lowest BCUT2D eigenvalue weighted by Gasteiger charge is -2.49. The van der Waals surface area contributed by atoms with Crippen LogP contribution in [0.15, 0.2) is 75.9 Å². The summed E-state index contributed by atoms with van der Waals surface area (Å²) in [6.07, 6.45) is -16.9. The van der Waals surface area contributed by atoms with Crippen molar-refractivity contribution < 1.29 is 98.4 Å². The van der Waals surface area contributed by atoms with Crippen LogP contribution in [0.4, 0.5) is 0 Å². The molecule has 22 heteroatoms. The highest BCUT2D eigenvalue weighted by molar-refractivity contribution is 6.81. The van der Waals surface area contributed by atoms with Crippen LogP contribution in [0.5, 0.6) is 0 Å². The van der Waals surface area contributed by atoms with Crippen LogP contribution < -0.4 is 0 Å². The molecule has 4 fully saturated rings. The normalized spacial score (nSPS) is 37.7. The molecule has 72 heavy (non-hydrogen) atoms. The van der Waals surface area contributed by atoms with Crippen molar-refractivity contribution in [2.75, 3.05) is 46.8 Å². The lowest BCUT2D eigenvalue weighted by atomic mass is 9.90. The number of allylic oxidation sites excluding steroid dienone is 6. The van der Waals surface area contributed by atoms with Gasteiger partial charge in [0.2, 0.25) is 0 Å². The average Bonchev–Trinajstić information content (AvgIpc) is 3.35. The highest BCUT2D eigenvalue weighted by atomic mass is 28.3. The van der Waals surface area contributed by atoms with Gasteiger partial charge in [-0.05, 0) is 49.1 Å². The van der Waals surface area contributed by atoms with E-state index in [0.717, 1.165) is 54.8 Å². The van der Waals surface area contributed by atoms with Crippen molar-refractivity contribution in [3.05, 3.63) is 75.9 Å². The van der Waals surface area contributed by atoms with Gasteiger partial charge < -0.3 is 98.4 Å². The van der Waals surface area contributed by atoms with Gasteiger partial charge in [0.25, 0.3) is 0 Å². The summed E-state index contributed by atoms with van der Waals surface area (Å²) in [5.41, 5.74) is 0. The zero-order valence-corrected chi connectivity index (χ0v) is 44.1. The summed E-state index contributed by atoms with van der Waals surface area (Å²) in [4.78, 5) is 0. The highest BCUT2D eigenvalue weighted by Gasteiger charge is 2.55. The molecule has 0 bridgehead atoms. The minimum Gasteiger partial charge on any atom is -0.394 e. The number of aliphatic hydroxyl groups is 10. The van der Waals surface area contributed by atoms with Gasteiger partial charge in [0.1, 0.15) is 79.4 Å². The van der Waals surface area contributed by atoms with Crippen LogP contribution in [0.25, 0.3) is 0 Å². The Labute approximate surface area is 426 Å². The van der Waals surface area contributed by atoms with Gasteiger partial charge in [0.15, 0.2) is 25.2 Å². The lowest BCUT2D eigenvalue weighted by molar-refractivity contribution is -0.387. The fraction of sp³-hybridized carbons (Fsp3) is 0.760. The van der Waals surface area contributed by atoms with E-state index in [0.29, 0.717) is 13.0 Å². The molecule has 0 saturated carbocycles. The summed E-state index contributed by atoms with van der Waals surface area (Å²) in [6.45, 7) is 24.2. The Kier molecular flexibility index (Phi) is 26.7. The molecule has 0 radical (unpaired) electrons. The van der Waals surface area contributed by atoms with Gasteiger partial charge >= 0.3 is 0 Å². The summed E-state index contributed by atoms with van der Waals surface area (Å²) in [5.74, 6) is -0.601. The number of rotatable bonds is 33. The molecule has 4 rings (SSSR count). The fourth-order valence-electron chi connectivity index (χ4n) is 10.4. The first-order chi connectivity index (χ1) is 34.5. The average molecular weight is 1060 g/mol. The monoisotopic (exact) mass is 1060 g/mol. The molecule has 0 aliphatic carbocycles. The number of hydrogen-bond acceptors (Lipinski definition) is 20. The van der Waals surface area contributed by atoms with Crippen molar-refractivity contribution in [2.45, 2.75) is 185 Å². The van der Waals surface area contributed by atoms with Gasteiger partial charge in [-0.15, -0.1) is 39.5 Å². The van der Waals surface area contributed by atoms with E-state index in [-0.39, 0.29) is 19.8 Å². The first kappa shape index (κ1) is 62.6. The van der Waals surface area contributed by atoms with Crippen molar-refractivity contribution in [1.29, 1.82) is 0 Å². The van der Waals surface area contributed by atoms with Crippen LogP contribution in [0.2, 0.25) is 48.4 Å². The summed E-state index contributed by atoms with van der Waals surface area (Å²) in [5, 5.41) is 111. The molecule has 0 spiro atoms. The summed E-state index contributed by atoms with van der Waals surface area (Å²) >= 11 is 0. The van der Waals surface area contributed by atoms with E-state index in [1.165, 1.54) is 7.11 Å². The predicted molar refractivity (Wildman–Crippen MR) is 270 cm³/mol. The van der Waals surface area contributed by atoms with Crippen LogP contribution >= 0.6 is 0 Å². The molecule has 0 aromatic heterocycles. The Hall–Kier alpha value is -1.93. The quantitative estimate of drug-likeness (QED) is 0.0249. The van der Waals surface area contributed by atoms with Crippen molar-refractivity contribution in [3.8, 4) is 0 Å². The SMILES string of the molecule is C=CC[Si](CC=C)(CC=C)CCCOCC1O[C@@H](O[C@@H]2C(CO)O[C@@H](O[C@@H]3C(COCCC[Si](CC=C)(CC=C)CC=C)O[C@@H](O[C@@H]4C(CO)O[C@@H](OC)[C@@H](O)C4O)[C@@H](O)C3O)[C@@H](O)C2O)[C@@H](O)C(O)[C@@H]1C. The van der Waals surface area contributed by atoms with E-state index in [1.807, 2.05) is 36.5 Å². The van der Waals surface area contributed by atoms with Crippen LogP contribution in [0.1, 0.15) is 19.8 Å². The van der Waals surface area contributed by atoms with E-state index < -0.39 is 152 Å². The maximum Gasteiger partial charge on any atom is 0.187 e. The molecule has 20 nitrogen and oxygen atoms in total.